The highest BCUT2D eigenvalue weighted by atomic mass is 16.5. The summed E-state index contributed by atoms with van der Waals surface area (Å²) in [7, 11) is 0. The molecule has 7 nitrogen and oxygen atoms in total. The minimum absolute atomic E-state index is 0.0385. The van der Waals surface area contributed by atoms with Gasteiger partial charge in [-0.3, -0.25) is 4.79 Å². The van der Waals surface area contributed by atoms with Crippen molar-refractivity contribution in [2.75, 3.05) is 11.4 Å². The van der Waals surface area contributed by atoms with Crippen LogP contribution >= 0.6 is 0 Å². The topological polar surface area (TPSA) is 79.6 Å². The molecule has 1 aliphatic carbocycles. The van der Waals surface area contributed by atoms with Gasteiger partial charge in [0, 0.05) is 25.0 Å². The Hall–Kier alpha value is -3.32. The monoisotopic (exact) mass is 404 g/mol. The number of amides is 1. The Morgan fingerprint density at radius 3 is 2.67 bits per heavy atom. The smallest absolute Gasteiger partial charge is 0.263 e. The number of hydrogen-bond acceptors (Lipinski definition) is 5. The number of carbonyl (C=O) groups is 1. The summed E-state index contributed by atoms with van der Waals surface area (Å²) in [6.45, 7) is 1.14. The second-order valence-electron chi connectivity index (χ2n) is 7.90. The zero-order valence-corrected chi connectivity index (χ0v) is 16.5. The van der Waals surface area contributed by atoms with Gasteiger partial charge in [0.2, 0.25) is 0 Å². The number of rotatable bonds is 5. The average molecular weight is 404 g/mol. The molecule has 5 rings (SSSR count). The Bertz CT molecular complexity index is 1010. The number of carbonyl (C=O) groups excluding carboxylic acids is 1. The first-order valence-electron chi connectivity index (χ1n) is 10.2. The Labute approximate surface area is 174 Å². The van der Waals surface area contributed by atoms with Crippen molar-refractivity contribution >= 4 is 11.6 Å². The van der Waals surface area contributed by atoms with Gasteiger partial charge < -0.3 is 20.1 Å². The zero-order chi connectivity index (χ0) is 20.5. The van der Waals surface area contributed by atoms with Crippen LogP contribution in [0.1, 0.15) is 18.4 Å². The van der Waals surface area contributed by atoms with Crippen LogP contribution in [0, 0.1) is 0 Å². The molecule has 1 amide bonds. The van der Waals surface area contributed by atoms with Crippen LogP contribution in [-0.4, -0.2) is 45.6 Å². The van der Waals surface area contributed by atoms with Gasteiger partial charge in [-0.15, -0.1) is 0 Å². The van der Waals surface area contributed by atoms with E-state index in [9.17, 15) is 9.90 Å². The van der Waals surface area contributed by atoms with Crippen molar-refractivity contribution in [3.8, 4) is 11.4 Å². The molecule has 1 aliphatic heterocycles. The Kier molecular flexibility index (Phi) is 4.88. The fraction of sp³-hybridized carbons (Fsp3) is 0.304. The van der Waals surface area contributed by atoms with Crippen molar-refractivity contribution in [2.24, 2.45) is 0 Å². The molecule has 0 bridgehead atoms. The van der Waals surface area contributed by atoms with E-state index in [-0.39, 0.29) is 18.1 Å². The molecule has 2 aliphatic rings. The molecule has 1 saturated carbocycles. The Morgan fingerprint density at radius 2 is 1.93 bits per heavy atom. The fourth-order valence-corrected chi connectivity index (χ4v) is 3.99. The van der Waals surface area contributed by atoms with Crippen molar-refractivity contribution in [3.05, 3.63) is 72.6 Å². The molecule has 2 aromatic carbocycles. The SMILES string of the molecule is O=C(NC1CC(O)C1)C1CN(Cc2ccc(-n3cccn3)cc2)c2ccccc2O1. The number of benzene rings is 2. The van der Waals surface area contributed by atoms with Crippen LogP contribution < -0.4 is 15.0 Å². The van der Waals surface area contributed by atoms with Gasteiger partial charge in [0.15, 0.2) is 6.10 Å². The van der Waals surface area contributed by atoms with Crippen LogP contribution in [0.25, 0.3) is 5.69 Å². The Balaban J connectivity index is 1.32. The first-order valence-corrected chi connectivity index (χ1v) is 10.2. The fourth-order valence-electron chi connectivity index (χ4n) is 3.99. The van der Waals surface area contributed by atoms with Gasteiger partial charge in [0.1, 0.15) is 5.75 Å². The second kappa shape index (κ2) is 7.84. The summed E-state index contributed by atoms with van der Waals surface area (Å²) in [5.74, 6) is 0.589. The highest BCUT2D eigenvalue weighted by Crippen LogP contribution is 2.34. The summed E-state index contributed by atoms with van der Waals surface area (Å²) in [4.78, 5) is 14.9. The standard InChI is InChI=1S/C23H24N4O3/c28-19-12-17(13-19)25-23(29)22-15-26(20-4-1-2-5-21(20)30-22)14-16-6-8-18(9-7-16)27-11-3-10-24-27/h1-11,17,19,22,28H,12-15H2,(H,25,29). The summed E-state index contributed by atoms with van der Waals surface area (Å²) < 4.78 is 7.82. The molecule has 3 aromatic rings. The van der Waals surface area contributed by atoms with Gasteiger partial charge in [-0.25, -0.2) is 4.68 Å². The van der Waals surface area contributed by atoms with Gasteiger partial charge >= 0.3 is 0 Å². The van der Waals surface area contributed by atoms with Gasteiger partial charge in [-0.1, -0.05) is 24.3 Å². The number of nitrogens with zero attached hydrogens (tertiary/aromatic N) is 3. The maximum atomic E-state index is 12.7. The van der Waals surface area contributed by atoms with E-state index in [0.717, 1.165) is 16.9 Å². The predicted molar refractivity (Wildman–Crippen MR) is 113 cm³/mol. The van der Waals surface area contributed by atoms with Crippen LogP contribution in [0.3, 0.4) is 0 Å². The van der Waals surface area contributed by atoms with E-state index in [1.54, 1.807) is 6.20 Å². The van der Waals surface area contributed by atoms with Crippen molar-refractivity contribution in [1.29, 1.82) is 0 Å². The number of nitrogens with one attached hydrogen (secondary N) is 1. The molecule has 1 aromatic heterocycles. The summed E-state index contributed by atoms with van der Waals surface area (Å²) in [6, 6.07) is 18.0. The molecule has 30 heavy (non-hydrogen) atoms. The zero-order valence-electron chi connectivity index (χ0n) is 16.5. The van der Waals surface area contributed by atoms with Crippen molar-refractivity contribution < 1.29 is 14.6 Å². The summed E-state index contributed by atoms with van der Waals surface area (Å²) in [5.41, 5.74) is 3.13. The normalized spacial score (nSPS) is 22.6. The number of fused-ring (bicyclic) bond motifs is 1. The first kappa shape index (κ1) is 18.7. The van der Waals surface area contributed by atoms with Gasteiger partial charge in [0.25, 0.3) is 5.91 Å². The minimum atomic E-state index is -0.582. The molecule has 154 valence electrons. The van der Waals surface area contributed by atoms with E-state index >= 15 is 0 Å². The molecule has 2 heterocycles. The van der Waals surface area contributed by atoms with Crippen LogP contribution in [-0.2, 0) is 11.3 Å². The molecular formula is C23H24N4O3. The molecular weight excluding hydrogens is 380 g/mol. The molecule has 0 spiro atoms. The lowest BCUT2D eigenvalue weighted by Gasteiger charge is -2.38. The van der Waals surface area contributed by atoms with Gasteiger partial charge in [0.05, 0.1) is 24.0 Å². The molecule has 1 atom stereocenters. The highest BCUT2D eigenvalue weighted by molar-refractivity contribution is 5.83. The summed E-state index contributed by atoms with van der Waals surface area (Å²) >= 11 is 0. The van der Waals surface area contributed by atoms with E-state index in [1.165, 1.54) is 0 Å². The third-order valence-electron chi connectivity index (χ3n) is 5.69. The molecule has 1 unspecified atom stereocenters. The minimum Gasteiger partial charge on any atom is -0.477 e. The van der Waals surface area contributed by atoms with Crippen molar-refractivity contribution in [3.63, 3.8) is 0 Å². The maximum Gasteiger partial charge on any atom is 0.263 e. The number of aliphatic hydroxyl groups excluding tert-OH is 1. The van der Waals surface area contributed by atoms with Crippen molar-refractivity contribution in [2.45, 2.75) is 37.6 Å². The van der Waals surface area contributed by atoms with E-state index in [2.05, 4.69) is 27.4 Å². The number of aromatic nitrogens is 2. The van der Waals surface area contributed by atoms with Gasteiger partial charge in [-0.05, 0) is 48.7 Å². The number of anilines is 1. The van der Waals surface area contributed by atoms with Gasteiger partial charge in [-0.2, -0.15) is 5.10 Å². The number of aliphatic hydroxyl groups is 1. The van der Waals surface area contributed by atoms with E-state index in [1.807, 2.05) is 53.3 Å². The van der Waals surface area contributed by atoms with E-state index in [4.69, 9.17) is 4.74 Å². The van der Waals surface area contributed by atoms with E-state index < -0.39 is 6.10 Å². The van der Waals surface area contributed by atoms with Crippen LogP contribution in [0.15, 0.2) is 67.0 Å². The third-order valence-corrected chi connectivity index (χ3v) is 5.69. The molecule has 0 saturated heterocycles. The number of ether oxygens (including phenoxy) is 1. The lowest BCUT2D eigenvalue weighted by Crippen LogP contribution is -2.54. The first-order chi connectivity index (χ1) is 14.7. The van der Waals surface area contributed by atoms with E-state index in [0.29, 0.717) is 31.7 Å². The second-order valence-corrected chi connectivity index (χ2v) is 7.90. The summed E-state index contributed by atoms with van der Waals surface area (Å²) in [5, 5.41) is 16.7. The number of hydrogen-bond donors (Lipinski definition) is 2. The predicted octanol–water partition coefficient (Wildman–Crippen LogP) is 2.28. The quantitative estimate of drug-likeness (QED) is 0.682. The largest absolute Gasteiger partial charge is 0.477 e. The highest BCUT2D eigenvalue weighted by Gasteiger charge is 2.34. The van der Waals surface area contributed by atoms with Crippen molar-refractivity contribution in [1.82, 2.24) is 15.1 Å². The molecule has 0 radical (unpaired) electrons. The lowest BCUT2D eigenvalue weighted by atomic mass is 9.89. The van der Waals surface area contributed by atoms with Crippen LogP contribution in [0.4, 0.5) is 5.69 Å². The van der Waals surface area contributed by atoms with Crippen LogP contribution in [0.5, 0.6) is 5.75 Å². The number of para-hydroxylation sites is 2. The third kappa shape index (κ3) is 3.76. The molecule has 2 N–H and O–H groups in total. The lowest BCUT2D eigenvalue weighted by molar-refractivity contribution is -0.130. The maximum absolute atomic E-state index is 12.7. The molecule has 1 fully saturated rings. The summed E-state index contributed by atoms with van der Waals surface area (Å²) in [6.07, 6.45) is 4.01. The van der Waals surface area contributed by atoms with Crippen LogP contribution in [0.2, 0.25) is 0 Å². The average Bonchev–Trinajstić information content (AvgIpc) is 3.28. The Morgan fingerprint density at radius 1 is 1.13 bits per heavy atom. The molecule has 7 heteroatoms.